The van der Waals surface area contributed by atoms with Gasteiger partial charge in [0.15, 0.2) is 0 Å². The Hall–Kier alpha value is -2.71. The summed E-state index contributed by atoms with van der Waals surface area (Å²) < 4.78 is 35.9. The molecule has 2 heterocycles. The number of piperidine rings is 1. The van der Waals surface area contributed by atoms with Crippen LogP contribution < -0.4 is 10.2 Å². The standard InChI is InChI=1S/C25H33F2N3O4/c1-25(2,3)30(24(33)34-4)15-7-5-14(6-8-15)21-17(26)13-19-16(22(21)27)11-12-29(19)18-9-10-20(31)28-23(18)32/h13-15,18H,5-12H2,1-4H3,(H,28,31,32)/t14?,15?,18-/m1/s1. The normalized spacial score (nSPS) is 25.1. The molecule has 186 valence electrons. The van der Waals surface area contributed by atoms with E-state index in [-0.39, 0.29) is 35.9 Å². The second-order valence-corrected chi connectivity index (χ2v) is 10.5. The molecule has 1 aromatic carbocycles. The number of nitrogens with zero attached hydrogens (tertiary/aromatic N) is 2. The monoisotopic (exact) mass is 477 g/mol. The molecule has 34 heavy (non-hydrogen) atoms. The van der Waals surface area contributed by atoms with Crippen molar-refractivity contribution in [2.45, 2.75) is 89.3 Å². The third-order valence-corrected chi connectivity index (χ3v) is 7.39. The maximum absolute atomic E-state index is 15.6. The van der Waals surface area contributed by atoms with Gasteiger partial charge in [0.2, 0.25) is 11.8 Å². The van der Waals surface area contributed by atoms with Gasteiger partial charge >= 0.3 is 6.09 Å². The molecule has 0 radical (unpaired) electrons. The van der Waals surface area contributed by atoms with Crippen molar-refractivity contribution in [3.8, 4) is 0 Å². The molecule has 0 aromatic heterocycles. The fourth-order valence-corrected chi connectivity index (χ4v) is 5.88. The van der Waals surface area contributed by atoms with Crippen LogP contribution in [0.25, 0.3) is 0 Å². The quantitative estimate of drug-likeness (QED) is 0.666. The highest BCUT2D eigenvalue weighted by molar-refractivity contribution is 6.02. The zero-order valence-electron chi connectivity index (χ0n) is 20.2. The molecule has 0 unspecified atom stereocenters. The summed E-state index contributed by atoms with van der Waals surface area (Å²) in [6.07, 6.45) is 2.95. The number of carbonyl (C=O) groups excluding carboxylic acids is 3. The SMILES string of the molecule is COC(=O)N(C1CCC(c2c(F)cc3c(c2F)CCN3[C@@H]2CCC(=O)NC2=O)CC1)C(C)(C)C. The van der Waals surface area contributed by atoms with Crippen molar-refractivity contribution in [3.05, 3.63) is 28.8 Å². The van der Waals surface area contributed by atoms with Crippen molar-refractivity contribution in [1.82, 2.24) is 10.2 Å². The molecule has 2 aliphatic heterocycles. The zero-order chi connectivity index (χ0) is 24.8. The first-order valence-electron chi connectivity index (χ1n) is 12.0. The molecule has 1 aromatic rings. The van der Waals surface area contributed by atoms with Gasteiger partial charge in [0.05, 0.1) is 7.11 Å². The molecule has 7 nitrogen and oxygen atoms in total. The number of carbonyl (C=O) groups is 3. The van der Waals surface area contributed by atoms with Crippen LogP contribution >= 0.6 is 0 Å². The van der Waals surface area contributed by atoms with Gasteiger partial charge in [-0.15, -0.1) is 0 Å². The van der Waals surface area contributed by atoms with Crippen LogP contribution in [0.5, 0.6) is 0 Å². The highest BCUT2D eigenvalue weighted by atomic mass is 19.1. The highest BCUT2D eigenvalue weighted by Crippen LogP contribution is 2.43. The lowest BCUT2D eigenvalue weighted by Crippen LogP contribution is -2.52. The third-order valence-electron chi connectivity index (χ3n) is 7.39. The summed E-state index contributed by atoms with van der Waals surface area (Å²) in [5.74, 6) is -2.12. The third kappa shape index (κ3) is 4.36. The van der Waals surface area contributed by atoms with E-state index >= 15 is 8.78 Å². The van der Waals surface area contributed by atoms with E-state index in [0.717, 1.165) is 0 Å². The van der Waals surface area contributed by atoms with E-state index in [2.05, 4.69) is 5.32 Å². The predicted octanol–water partition coefficient (Wildman–Crippen LogP) is 4.03. The number of imide groups is 1. The fourth-order valence-electron chi connectivity index (χ4n) is 5.88. The smallest absolute Gasteiger partial charge is 0.410 e. The number of ether oxygens (including phenoxy) is 1. The van der Waals surface area contributed by atoms with Gasteiger partial charge in [-0.3, -0.25) is 14.9 Å². The minimum atomic E-state index is -0.598. The summed E-state index contributed by atoms with van der Waals surface area (Å²) >= 11 is 0. The van der Waals surface area contributed by atoms with Gasteiger partial charge in [-0.25, -0.2) is 13.6 Å². The van der Waals surface area contributed by atoms with Crippen molar-refractivity contribution in [2.75, 3.05) is 18.6 Å². The molecule has 1 N–H and O–H groups in total. The summed E-state index contributed by atoms with van der Waals surface area (Å²) in [6.45, 7) is 6.26. The molecule has 1 aliphatic carbocycles. The van der Waals surface area contributed by atoms with Gasteiger partial charge in [-0.2, -0.15) is 0 Å². The van der Waals surface area contributed by atoms with Crippen LogP contribution in [-0.2, 0) is 20.7 Å². The number of methoxy groups -OCH3 is 1. The Balaban J connectivity index is 1.53. The molecule has 1 saturated heterocycles. The molecule has 3 aliphatic rings. The van der Waals surface area contributed by atoms with E-state index < -0.39 is 29.1 Å². The van der Waals surface area contributed by atoms with E-state index in [1.54, 1.807) is 9.80 Å². The summed E-state index contributed by atoms with van der Waals surface area (Å²) in [5, 5.41) is 2.32. The second-order valence-electron chi connectivity index (χ2n) is 10.5. The zero-order valence-corrected chi connectivity index (χ0v) is 20.2. The molecule has 4 rings (SSSR count). The Morgan fingerprint density at radius 1 is 1.12 bits per heavy atom. The van der Waals surface area contributed by atoms with Crippen molar-refractivity contribution >= 4 is 23.6 Å². The lowest BCUT2D eigenvalue weighted by molar-refractivity contribution is -0.134. The summed E-state index contributed by atoms with van der Waals surface area (Å²) in [5.41, 5.74) is 0.539. The topological polar surface area (TPSA) is 79.0 Å². The van der Waals surface area contributed by atoms with E-state index in [1.807, 2.05) is 20.8 Å². The number of benzene rings is 1. The summed E-state index contributed by atoms with van der Waals surface area (Å²) in [7, 11) is 1.36. The highest BCUT2D eigenvalue weighted by Gasteiger charge is 2.40. The number of halogens is 2. The predicted molar refractivity (Wildman–Crippen MR) is 123 cm³/mol. The van der Waals surface area contributed by atoms with Gasteiger partial charge in [0.25, 0.3) is 0 Å². The molecular formula is C25H33F2N3O4. The van der Waals surface area contributed by atoms with Crippen LogP contribution in [0.1, 0.15) is 76.3 Å². The maximum Gasteiger partial charge on any atom is 0.410 e. The Bertz CT molecular complexity index is 999. The van der Waals surface area contributed by atoms with Crippen LogP contribution in [-0.4, -0.2) is 54.1 Å². The van der Waals surface area contributed by atoms with Gasteiger partial charge in [-0.1, -0.05) is 0 Å². The number of nitrogens with one attached hydrogen (secondary N) is 1. The van der Waals surface area contributed by atoms with Gasteiger partial charge in [0.1, 0.15) is 17.7 Å². The summed E-state index contributed by atoms with van der Waals surface area (Å²) in [4.78, 5) is 39.6. The number of hydrogen-bond donors (Lipinski definition) is 1. The summed E-state index contributed by atoms with van der Waals surface area (Å²) in [6, 6.07) is 0.708. The Kier molecular flexibility index (Phi) is 6.57. The van der Waals surface area contributed by atoms with Gasteiger partial charge < -0.3 is 14.5 Å². The molecule has 9 heteroatoms. The van der Waals surface area contributed by atoms with Gasteiger partial charge in [0, 0.05) is 41.4 Å². The van der Waals surface area contributed by atoms with Crippen molar-refractivity contribution in [3.63, 3.8) is 0 Å². The molecule has 3 amide bonds. The van der Waals surface area contributed by atoms with Crippen molar-refractivity contribution in [1.29, 1.82) is 0 Å². The van der Waals surface area contributed by atoms with Crippen molar-refractivity contribution in [2.24, 2.45) is 0 Å². The number of hydrogen-bond acceptors (Lipinski definition) is 5. The minimum absolute atomic E-state index is 0.0488. The Morgan fingerprint density at radius 3 is 2.38 bits per heavy atom. The number of rotatable bonds is 3. The van der Waals surface area contributed by atoms with Crippen LogP contribution in [0.3, 0.4) is 0 Å². The number of fused-ring (bicyclic) bond motifs is 1. The Labute approximate surface area is 198 Å². The number of anilines is 1. The lowest BCUT2D eigenvalue weighted by atomic mass is 9.79. The molecule has 0 spiro atoms. The van der Waals surface area contributed by atoms with Crippen LogP contribution in [0.15, 0.2) is 6.07 Å². The molecule has 1 atom stereocenters. The molecule has 2 fully saturated rings. The largest absolute Gasteiger partial charge is 0.453 e. The first kappa shape index (κ1) is 24.4. The van der Waals surface area contributed by atoms with Crippen LogP contribution in [0.2, 0.25) is 0 Å². The van der Waals surface area contributed by atoms with E-state index in [4.69, 9.17) is 4.74 Å². The van der Waals surface area contributed by atoms with E-state index in [0.29, 0.717) is 56.3 Å². The fraction of sp³-hybridized carbons (Fsp3) is 0.640. The average Bonchev–Trinajstić information content (AvgIpc) is 3.17. The number of amides is 3. The molecular weight excluding hydrogens is 444 g/mol. The Morgan fingerprint density at radius 2 is 1.79 bits per heavy atom. The molecule has 1 saturated carbocycles. The van der Waals surface area contributed by atoms with E-state index in [1.165, 1.54) is 13.2 Å². The first-order valence-corrected chi connectivity index (χ1v) is 12.0. The first-order chi connectivity index (χ1) is 16.0. The average molecular weight is 478 g/mol. The van der Waals surface area contributed by atoms with Gasteiger partial charge in [-0.05, 0) is 71.3 Å². The van der Waals surface area contributed by atoms with Crippen molar-refractivity contribution < 1.29 is 27.9 Å². The molecule has 0 bridgehead atoms. The second kappa shape index (κ2) is 9.15. The lowest BCUT2D eigenvalue weighted by Gasteiger charge is -2.43. The van der Waals surface area contributed by atoms with Crippen LogP contribution in [0, 0.1) is 11.6 Å². The maximum atomic E-state index is 15.6. The van der Waals surface area contributed by atoms with Crippen LogP contribution in [0.4, 0.5) is 19.3 Å². The minimum Gasteiger partial charge on any atom is -0.453 e. The van der Waals surface area contributed by atoms with E-state index in [9.17, 15) is 14.4 Å².